The van der Waals surface area contributed by atoms with Crippen LogP contribution in [-0.4, -0.2) is 15.9 Å². The number of nitrogens with one attached hydrogen (secondary N) is 1. The zero-order valence-corrected chi connectivity index (χ0v) is 10.3. The van der Waals surface area contributed by atoms with E-state index in [1.165, 1.54) is 11.3 Å². The van der Waals surface area contributed by atoms with Gasteiger partial charge in [-0.2, -0.15) is 0 Å². The molecule has 0 fully saturated rings. The Morgan fingerprint density at radius 1 is 1.41 bits per heavy atom. The van der Waals surface area contributed by atoms with E-state index >= 15 is 0 Å². The lowest BCUT2D eigenvalue weighted by Crippen LogP contribution is -2.11. The highest BCUT2D eigenvalue weighted by Gasteiger charge is 2.14. The summed E-state index contributed by atoms with van der Waals surface area (Å²) in [5.41, 5.74) is 7.75. The molecule has 17 heavy (non-hydrogen) atoms. The fourth-order valence-electron chi connectivity index (χ4n) is 1.36. The van der Waals surface area contributed by atoms with E-state index in [0.29, 0.717) is 21.4 Å². The van der Waals surface area contributed by atoms with E-state index in [4.69, 9.17) is 5.73 Å². The normalized spacial score (nSPS) is 10.2. The lowest BCUT2D eigenvalue weighted by molar-refractivity contribution is 0.103. The standard InChI is InChI=1S/C11H12N4OS/c1-6-3-4-8(5-13-6)15-10(16)9-7(2)14-11(12)17-9/h3-5H,1-2H3,(H2,12,14)(H,15,16). The molecule has 0 spiro atoms. The van der Waals surface area contributed by atoms with Crippen LogP contribution in [0.5, 0.6) is 0 Å². The summed E-state index contributed by atoms with van der Waals surface area (Å²) in [4.78, 5) is 20.5. The number of thiazole rings is 1. The maximum Gasteiger partial charge on any atom is 0.267 e. The van der Waals surface area contributed by atoms with Crippen molar-refractivity contribution in [1.82, 2.24) is 9.97 Å². The summed E-state index contributed by atoms with van der Waals surface area (Å²) in [6.45, 7) is 3.65. The first-order valence-electron chi connectivity index (χ1n) is 5.03. The summed E-state index contributed by atoms with van der Waals surface area (Å²) < 4.78 is 0. The summed E-state index contributed by atoms with van der Waals surface area (Å²) in [5, 5.41) is 3.15. The Kier molecular flexibility index (Phi) is 3.06. The molecule has 88 valence electrons. The molecule has 6 heteroatoms. The van der Waals surface area contributed by atoms with Crippen molar-refractivity contribution in [2.75, 3.05) is 11.1 Å². The third kappa shape index (κ3) is 2.59. The Hall–Kier alpha value is -1.95. The first kappa shape index (κ1) is 11.5. The van der Waals surface area contributed by atoms with Crippen molar-refractivity contribution >= 4 is 28.1 Å². The van der Waals surface area contributed by atoms with Crippen molar-refractivity contribution in [3.8, 4) is 0 Å². The molecule has 2 heterocycles. The second kappa shape index (κ2) is 4.50. The lowest BCUT2D eigenvalue weighted by atomic mass is 10.3. The van der Waals surface area contributed by atoms with E-state index < -0.39 is 0 Å². The van der Waals surface area contributed by atoms with Gasteiger partial charge in [0.15, 0.2) is 5.13 Å². The third-order valence-electron chi connectivity index (χ3n) is 2.19. The average Bonchev–Trinajstić information content (AvgIpc) is 2.61. The molecule has 0 radical (unpaired) electrons. The van der Waals surface area contributed by atoms with Crippen molar-refractivity contribution in [2.24, 2.45) is 0 Å². The monoisotopic (exact) mass is 248 g/mol. The van der Waals surface area contributed by atoms with Crippen molar-refractivity contribution < 1.29 is 4.79 Å². The summed E-state index contributed by atoms with van der Waals surface area (Å²) in [7, 11) is 0. The number of nitrogens with two attached hydrogens (primary N) is 1. The van der Waals surface area contributed by atoms with Gasteiger partial charge in [-0.1, -0.05) is 11.3 Å². The van der Waals surface area contributed by atoms with Crippen molar-refractivity contribution in [1.29, 1.82) is 0 Å². The van der Waals surface area contributed by atoms with Gasteiger partial charge in [-0.05, 0) is 26.0 Å². The van der Waals surface area contributed by atoms with Crippen LogP contribution >= 0.6 is 11.3 Å². The first-order valence-corrected chi connectivity index (χ1v) is 5.85. The number of nitrogen functional groups attached to an aromatic ring is 1. The number of pyridine rings is 1. The third-order valence-corrected chi connectivity index (χ3v) is 3.17. The molecule has 0 saturated carbocycles. The Morgan fingerprint density at radius 3 is 2.71 bits per heavy atom. The number of anilines is 2. The van der Waals surface area contributed by atoms with Gasteiger partial charge in [-0.25, -0.2) is 4.98 Å². The SMILES string of the molecule is Cc1ccc(NC(=O)c2sc(N)nc2C)cn1. The van der Waals surface area contributed by atoms with Crippen LogP contribution in [0.25, 0.3) is 0 Å². The molecule has 0 aromatic carbocycles. The summed E-state index contributed by atoms with van der Waals surface area (Å²) in [5.74, 6) is -0.206. The van der Waals surface area contributed by atoms with Gasteiger partial charge in [0.05, 0.1) is 17.6 Å². The molecule has 3 N–H and O–H groups in total. The van der Waals surface area contributed by atoms with Gasteiger partial charge in [0, 0.05) is 5.69 Å². The molecular formula is C11H12N4OS. The van der Waals surface area contributed by atoms with Crippen LogP contribution in [0.15, 0.2) is 18.3 Å². The lowest BCUT2D eigenvalue weighted by Gasteiger charge is -2.03. The van der Waals surface area contributed by atoms with Crippen LogP contribution in [0.3, 0.4) is 0 Å². The molecule has 0 saturated heterocycles. The Labute approximate surface area is 103 Å². The number of hydrogen-bond donors (Lipinski definition) is 2. The minimum atomic E-state index is -0.206. The molecule has 0 aliphatic heterocycles. The number of nitrogens with zero attached hydrogens (tertiary/aromatic N) is 2. The van der Waals surface area contributed by atoms with Gasteiger partial charge >= 0.3 is 0 Å². The van der Waals surface area contributed by atoms with E-state index in [1.807, 2.05) is 13.0 Å². The molecule has 0 unspecified atom stereocenters. The number of amides is 1. The fraction of sp³-hybridized carbons (Fsp3) is 0.182. The highest BCUT2D eigenvalue weighted by Crippen LogP contribution is 2.20. The molecular weight excluding hydrogens is 236 g/mol. The molecule has 0 bridgehead atoms. The van der Waals surface area contributed by atoms with Crippen LogP contribution in [-0.2, 0) is 0 Å². The second-order valence-electron chi connectivity index (χ2n) is 3.61. The van der Waals surface area contributed by atoms with Crippen LogP contribution in [0.4, 0.5) is 10.8 Å². The van der Waals surface area contributed by atoms with Crippen LogP contribution in [0.2, 0.25) is 0 Å². The van der Waals surface area contributed by atoms with Gasteiger partial charge in [0.1, 0.15) is 4.88 Å². The number of aryl methyl sites for hydroxylation is 2. The highest BCUT2D eigenvalue weighted by atomic mass is 32.1. The van der Waals surface area contributed by atoms with Gasteiger partial charge in [-0.3, -0.25) is 9.78 Å². The Morgan fingerprint density at radius 2 is 2.18 bits per heavy atom. The minimum Gasteiger partial charge on any atom is -0.375 e. The zero-order chi connectivity index (χ0) is 12.4. The van der Waals surface area contributed by atoms with Gasteiger partial charge < -0.3 is 11.1 Å². The van der Waals surface area contributed by atoms with Crippen molar-refractivity contribution in [3.05, 3.63) is 34.6 Å². The minimum absolute atomic E-state index is 0.206. The first-order chi connectivity index (χ1) is 8.06. The Balaban J connectivity index is 2.17. The molecule has 5 nitrogen and oxygen atoms in total. The number of aromatic nitrogens is 2. The van der Waals surface area contributed by atoms with Crippen LogP contribution < -0.4 is 11.1 Å². The smallest absolute Gasteiger partial charge is 0.267 e. The largest absolute Gasteiger partial charge is 0.375 e. The molecule has 0 atom stereocenters. The van der Waals surface area contributed by atoms with E-state index in [-0.39, 0.29) is 5.91 Å². The second-order valence-corrected chi connectivity index (χ2v) is 4.64. The maximum absolute atomic E-state index is 11.9. The van der Waals surface area contributed by atoms with E-state index in [1.54, 1.807) is 19.2 Å². The molecule has 2 aromatic heterocycles. The predicted octanol–water partition coefficient (Wildman–Crippen LogP) is 1.99. The molecule has 0 aliphatic carbocycles. The predicted molar refractivity (Wildman–Crippen MR) is 68.2 cm³/mol. The summed E-state index contributed by atoms with van der Waals surface area (Å²) in [6, 6.07) is 3.64. The topological polar surface area (TPSA) is 80.9 Å². The van der Waals surface area contributed by atoms with Crippen molar-refractivity contribution in [2.45, 2.75) is 13.8 Å². The van der Waals surface area contributed by atoms with Gasteiger partial charge in [-0.15, -0.1) is 0 Å². The fourth-order valence-corrected chi connectivity index (χ4v) is 2.09. The van der Waals surface area contributed by atoms with E-state index in [2.05, 4.69) is 15.3 Å². The number of rotatable bonds is 2. The number of carbonyl (C=O) groups is 1. The summed E-state index contributed by atoms with van der Waals surface area (Å²) in [6.07, 6.45) is 1.62. The zero-order valence-electron chi connectivity index (χ0n) is 9.52. The van der Waals surface area contributed by atoms with Gasteiger partial charge in [0.2, 0.25) is 0 Å². The molecule has 1 amide bonds. The Bertz CT molecular complexity index is 547. The van der Waals surface area contributed by atoms with Crippen LogP contribution in [0.1, 0.15) is 21.1 Å². The van der Waals surface area contributed by atoms with Crippen molar-refractivity contribution in [3.63, 3.8) is 0 Å². The molecule has 0 aliphatic rings. The summed E-state index contributed by atoms with van der Waals surface area (Å²) >= 11 is 1.18. The van der Waals surface area contributed by atoms with E-state index in [0.717, 1.165) is 5.69 Å². The number of hydrogen-bond acceptors (Lipinski definition) is 5. The quantitative estimate of drug-likeness (QED) is 0.851. The molecule has 2 rings (SSSR count). The van der Waals surface area contributed by atoms with E-state index in [9.17, 15) is 4.79 Å². The average molecular weight is 248 g/mol. The number of carbonyl (C=O) groups excluding carboxylic acids is 1. The van der Waals surface area contributed by atoms with Crippen LogP contribution in [0, 0.1) is 13.8 Å². The molecule has 2 aromatic rings. The maximum atomic E-state index is 11.9. The van der Waals surface area contributed by atoms with Gasteiger partial charge in [0.25, 0.3) is 5.91 Å². The highest BCUT2D eigenvalue weighted by molar-refractivity contribution is 7.17.